The van der Waals surface area contributed by atoms with E-state index < -0.39 is 23.9 Å². The van der Waals surface area contributed by atoms with Crippen LogP contribution in [0, 0.1) is 0 Å². The summed E-state index contributed by atoms with van der Waals surface area (Å²) in [7, 11) is 2.69. The Balaban J connectivity index is 1.39. The summed E-state index contributed by atoms with van der Waals surface area (Å²) in [5.74, 6) is 0.432. The SMILES string of the molecule is CCOc1cc(/C=N\NC(=O)COc2ccc([C@H]3NC(=O)NC(C)=C3C(=O)OC)cc2OC)cc(Br)c1OCc1ccccc1Cl. The molecule has 1 heterocycles. The molecule has 0 aliphatic carbocycles. The van der Waals surface area contributed by atoms with Crippen LogP contribution in [0.5, 0.6) is 23.0 Å². The highest BCUT2D eigenvalue weighted by Crippen LogP contribution is 2.38. The van der Waals surface area contributed by atoms with Crippen LogP contribution in [0.25, 0.3) is 0 Å². The Kier molecular flexibility index (Phi) is 11.9. The average molecular weight is 716 g/mol. The highest BCUT2D eigenvalue weighted by Gasteiger charge is 2.32. The average Bonchev–Trinajstić information content (AvgIpc) is 3.03. The molecule has 0 saturated carbocycles. The van der Waals surface area contributed by atoms with Crippen LogP contribution in [0.2, 0.25) is 5.02 Å². The van der Waals surface area contributed by atoms with Crippen molar-refractivity contribution < 1.29 is 38.1 Å². The fourth-order valence-corrected chi connectivity index (χ4v) is 5.26. The zero-order chi connectivity index (χ0) is 33.2. The van der Waals surface area contributed by atoms with Crippen LogP contribution in [-0.2, 0) is 20.9 Å². The molecule has 0 radical (unpaired) electrons. The molecule has 0 unspecified atom stereocenters. The number of hydrogen-bond acceptors (Lipinski definition) is 9. The van der Waals surface area contributed by atoms with E-state index >= 15 is 0 Å². The number of rotatable bonds is 13. The van der Waals surface area contributed by atoms with Gasteiger partial charge in [0, 0.05) is 16.3 Å². The van der Waals surface area contributed by atoms with Crippen molar-refractivity contribution in [3.8, 4) is 23.0 Å². The maximum Gasteiger partial charge on any atom is 0.337 e. The Morgan fingerprint density at radius 1 is 1.04 bits per heavy atom. The van der Waals surface area contributed by atoms with Gasteiger partial charge in [-0.1, -0.05) is 35.9 Å². The Bertz CT molecular complexity index is 1680. The Morgan fingerprint density at radius 3 is 2.54 bits per heavy atom. The normalized spacial score (nSPS) is 14.3. The molecule has 1 aliphatic heterocycles. The third-order valence-electron chi connectivity index (χ3n) is 6.62. The van der Waals surface area contributed by atoms with Crippen LogP contribution >= 0.6 is 27.5 Å². The molecule has 1 atom stereocenters. The molecule has 14 heteroatoms. The lowest BCUT2D eigenvalue weighted by Gasteiger charge is -2.28. The Hall–Kier alpha value is -4.75. The number of urea groups is 1. The number of benzene rings is 3. The van der Waals surface area contributed by atoms with Crippen LogP contribution in [-0.4, -0.2) is 51.6 Å². The monoisotopic (exact) mass is 714 g/mol. The highest BCUT2D eigenvalue weighted by molar-refractivity contribution is 9.10. The fraction of sp³-hybridized carbons (Fsp3) is 0.250. The van der Waals surface area contributed by atoms with Crippen molar-refractivity contribution in [1.29, 1.82) is 0 Å². The van der Waals surface area contributed by atoms with Gasteiger partial charge in [0.25, 0.3) is 5.91 Å². The first-order valence-corrected chi connectivity index (χ1v) is 15.1. The Morgan fingerprint density at radius 2 is 1.83 bits per heavy atom. The van der Waals surface area contributed by atoms with E-state index in [0.29, 0.717) is 44.4 Å². The zero-order valence-electron chi connectivity index (χ0n) is 25.4. The molecule has 0 spiro atoms. The lowest BCUT2D eigenvalue weighted by Crippen LogP contribution is -2.45. The van der Waals surface area contributed by atoms with Gasteiger partial charge < -0.3 is 34.3 Å². The van der Waals surface area contributed by atoms with Crippen molar-refractivity contribution >= 4 is 51.7 Å². The number of carbonyl (C=O) groups is 3. The fourth-order valence-electron chi connectivity index (χ4n) is 4.49. The van der Waals surface area contributed by atoms with Gasteiger partial charge in [-0.05, 0) is 71.2 Å². The molecule has 4 rings (SSSR count). The van der Waals surface area contributed by atoms with Gasteiger partial charge in [0.15, 0.2) is 29.6 Å². The molecular weight excluding hydrogens is 684 g/mol. The van der Waals surface area contributed by atoms with Crippen molar-refractivity contribution in [2.45, 2.75) is 26.5 Å². The van der Waals surface area contributed by atoms with Crippen molar-refractivity contribution in [2.75, 3.05) is 27.4 Å². The van der Waals surface area contributed by atoms with Gasteiger partial charge in [0.05, 0.1) is 43.1 Å². The quantitative estimate of drug-likeness (QED) is 0.121. The summed E-state index contributed by atoms with van der Waals surface area (Å²) in [5.41, 5.74) is 5.06. The van der Waals surface area contributed by atoms with Crippen LogP contribution in [0.15, 0.2) is 75.4 Å². The lowest BCUT2D eigenvalue weighted by molar-refractivity contribution is -0.136. The van der Waals surface area contributed by atoms with Crippen molar-refractivity contribution in [1.82, 2.24) is 16.1 Å². The summed E-state index contributed by atoms with van der Waals surface area (Å²) in [4.78, 5) is 37.0. The van der Waals surface area contributed by atoms with Gasteiger partial charge in [0.2, 0.25) is 0 Å². The molecule has 12 nitrogen and oxygen atoms in total. The standard InChI is InChI=1S/C32H32BrClN4O8/c1-5-44-26-13-19(12-22(33)30(26)46-16-21-8-6-7-9-23(21)34)15-35-38-27(39)17-45-24-11-10-20(14-25(24)42-3)29-28(31(40)43-4)18(2)36-32(41)37-29/h6-15,29H,5,16-17H2,1-4H3,(H,38,39)(H2,36,37,41)/b35-15-/t29-/m1/s1. The minimum Gasteiger partial charge on any atom is -0.493 e. The highest BCUT2D eigenvalue weighted by atomic mass is 79.9. The van der Waals surface area contributed by atoms with Crippen LogP contribution in [0.3, 0.4) is 0 Å². The van der Waals surface area contributed by atoms with E-state index in [2.05, 4.69) is 37.1 Å². The first kappa shape index (κ1) is 34.1. The molecule has 3 aromatic carbocycles. The van der Waals surface area contributed by atoms with Crippen molar-refractivity contribution in [2.24, 2.45) is 5.10 Å². The topological polar surface area (TPSA) is 146 Å². The largest absolute Gasteiger partial charge is 0.493 e. The van der Waals surface area contributed by atoms with Gasteiger partial charge in [-0.3, -0.25) is 4.79 Å². The number of nitrogens with zero attached hydrogens (tertiary/aromatic N) is 1. The summed E-state index contributed by atoms with van der Waals surface area (Å²) in [5, 5.41) is 9.91. The molecule has 0 saturated heterocycles. The predicted molar refractivity (Wildman–Crippen MR) is 174 cm³/mol. The molecule has 3 aromatic rings. The summed E-state index contributed by atoms with van der Waals surface area (Å²) < 4.78 is 28.4. The number of hydrogen-bond donors (Lipinski definition) is 3. The van der Waals surface area contributed by atoms with E-state index in [0.717, 1.165) is 5.56 Å². The first-order valence-electron chi connectivity index (χ1n) is 14.0. The number of amides is 3. The van der Waals surface area contributed by atoms with E-state index in [4.69, 9.17) is 35.3 Å². The Labute approximate surface area is 279 Å². The summed E-state index contributed by atoms with van der Waals surface area (Å²) in [6, 6.07) is 14.5. The number of allylic oxidation sites excluding steroid dienone is 1. The zero-order valence-corrected chi connectivity index (χ0v) is 27.8. The van der Waals surface area contributed by atoms with Gasteiger partial charge in [-0.25, -0.2) is 15.0 Å². The van der Waals surface area contributed by atoms with Gasteiger partial charge in [0.1, 0.15) is 6.61 Å². The molecule has 3 N–H and O–H groups in total. The second kappa shape index (κ2) is 16.0. The van der Waals surface area contributed by atoms with E-state index in [1.54, 1.807) is 43.3 Å². The summed E-state index contributed by atoms with van der Waals surface area (Å²) in [6.45, 7) is 3.75. The second-order valence-electron chi connectivity index (χ2n) is 9.70. The minimum atomic E-state index is -0.784. The third-order valence-corrected chi connectivity index (χ3v) is 7.58. The lowest BCUT2D eigenvalue weighted by atomic mass is 9.95. The number of esters is 1. The number of methoxy groups -OCH3 is 2. The summed E-state index contributed by atoms with van der Waals surface area (Å²) in [6.07, 6.45) is 1.46. The number of nitrogens with one attached hydrogen (secondary N) is 3. The number of hydrazone groups is 1. The maximum absolute atomic E-state index is 12.5. The molecule has 0 bridgehead atoms. The van der Waals surface area contributed by atoms with E-state index in [1.807, 2.05) is 25.1 Å². The number of ether oxygens (including phenoxy) is 5. The van der Waals surface area contributed by atoms with E-state index in [9.17, 15) is 14.4 Å². The minimum absolute atomic E-state index is 0.245. The van der Waals surface area contributed by atoms with E-state index in [-0.39, 0.29) is 30.3 Å². The maximum atomic E-state index is 12.5. The summed E-state index contributed by atoms with van der Waals surface area (Å²) >= 11 is 9.78. The molecule has 0 fully saturated rings. The molecule has 242 valence electrons. The molecule has 1 aliphatic rings. The van der Waals surface area contributed by atoms with Gasteiger partial charge in [-0.15, -0.1) is 0 Å². The van der Waals surface area contributed by atoms with E-state index in [1.165, 1.54) is 20.4 Å². The van der Waals surface area contributed by atoms with Crippen LogP contribution < -0.4 is 35.0 Å². The molecule has 0 aromatic heterocycles. The number of carbonyl (C=O) groups excluding carboxylic acids is 3. The first-order chi connectivity index (χ1) is 22.1. The molecule has 46 heavy (non-hydrogen) atoms. The smallest absolute Gasteiger partial charge is 0.337 e. The van der Waals surface area contributed by atoms with Crippen molar-refractivity contribution in [3.63, 3.8) is 0 Å². The molecular formula is C32H32BrClN4O8. The van der Waals surface area contributed by atoms with Crippen LogP contribution in [0.4, 0.5) is 4.79 Å². The van der Waals surface area contributed by atoms with Crippen LogP contribution in [0.1, 0.15) is 36.6 Å². The van der Waals surface area contributed by atoms with Crippen molar-refractivity contribution in [3.05, 3.63) is 92.1 Å². The molecule has 3 amide bonds. The third kappa shape index (κ3) is 8.49. The van der Waals surface area contributed by atoms with Gasteiger partial charge in [-0.2, -0.15) is 5.10 Å². The predicted octanol–water partition coefficient (Wildman–Crippen LogP) is 5.42. The van der Waals surface area contributed by atoms with Gasteiger partial charge >= 0.3 is 12.0 Å². The number of halogens is 2. The second-order valence-corrected chi connectivity index (χ2v) is 11.0.